The number of benzene rings is 1. The third kappa shape index (κ3) is 5.80. The Hall–Kier alpha value is -5.20. The molecule has 230 valence electrons. The number of anilines is 1. The summed E-state index contributed by atoms with van der Waals surface area (Å²) in [4.78, 5) is 40.6. The molecule has 46 heavy (non-hydrogen) atoms. The summed E-state index contributed by atoms with van der Waals surface area (Å²) in [5, 5.41) is 16.5. The van der Waals surface area contributed by atoms with Crippen LogP contribution in [0.5, 0.6) is 0 Å². The molecule has 12 nitrogen and oxygen atoms in total. The molecular formula is C32H26Cl2N10O2. The van der Waals surface area contributed by atoms with Gasteiger partial charge in [-0.15, -0.1) is 5.10 Å². The Labute approximate surface area is 272 Å². The van der Waals surface area contributed by atoms with Gasteiger partial charge in [-0.2, -0.15) is 5.10 Å². The lowest BCUT2D eigenvalue weighted by atomic mass is 9.97. The number of nitrogens with zero attached hydrogens (tertiary/aromatic N) is 9. The highest BCUT2D eigenvalue weighted by Gasteiger charge is 2.24. The minimum atomic E-state index is -0.444. The maximum Gasteiger partial charge on any atom is 0.254 e. The Morgan fingerprint density at radius 1 is 0.957 bits per heavy atom. The van der Waals surface area contributed by atoms with E-state index in [9.17, 15) is 9.59 Å². The van der Waals surface area contributed by atoms with Crippen molar-refractivity contribution in [1.29, 1.82) is 0 Å². The van der Waals surface area contributed by atoms with Gasteiger partial charge in [0, 0.05) is 40.5 Å². The van der Waals surface area contributed by atoms with Gasteiger partial charge in [0.1, 0.15) is 5.69 Å². The summed E-state index contributed by atoms with van der Waals surface area (Å²) < 4.78 is 4.77. The topological polar surface area (TPSA) is 138 Å². The summed E-state index contributed by atoms with van der Waals surface area (Å²) in [6.07, 6.45) is 11.8. The summed E-state index contributed by atoms with van der Waals surface area (Å²) in [6, 6.07) is 13.7. The van der Waals surface area contributed by atoms with Gasteiger partial charge in [0.25, 0.3) is 5.56 Å². The molecule has 5 aromatic heterocycles. The molecule has 1 N–H and O–H groups in total. The van der Waals surface area contributed by atoms with Crippen molar-refractivity contribution in [3.8, 4) is 33.9 Å². The van der Waals surface area contributed by atoms with E-state index in [2.05, 4.69) is 30.6 Å². The molecule has 6 heterocycles. The lowest BCUT2D eigenvalue weighted by Gasteiger charge is -2.22. The van der Waals surface area contributed by atoms with Crippen LogP contribution in [0.1, 0.15) is 37.9 Å². The van der Waals surface area contributed by atoms with Crippen molar-refractivity contribution in [2.45, 2.75) is 32.2 Å². The first-order chi connectivity index (χ1) is 22.3. The lowest BCUT2D eigenvalue weighted by molar-refractivity contribution is -0.119. The standard InChI is InChI=1S/C32H26Cl2N10O2/c1-19-4-2-6-28(42-18-37-24(14-30(42)45)23-13-21(33)7-8-27(23)44-17-29(34)39-41-44)25-12-20(9-11-36-25)31-26(38-32(19)46)16-43(40-31)22-5-3-10-35-15-22/h3,5,7-19,28H,2,4,6H2,1H3,(H,38,46)/t19-,28+/m1/s1. The first-order valence-electron chi connectivity index (χ1n) is 14.6. The molecule has 0 radical (unpaired) electrons. The Morgan fingerprint density at radius 3 is 2.63 bits per heavy atom. The van der Waals surface area contributed by atoms with E-state index < -0.39 is 6.04 Å². The van der Waals surface area contributed by atoms with Gasteiger partial charge in [0.2, 0.25) is 5.91 Å². The highest BCUT2D eigenvalue weighted by molar-refractivity contribution is 6.31. The fraction of sp³-hybridized carbons (Fsp3) is 0.188. The van der Waals surface area contributed by atoms with Gasteiger partial charge >= 0.3 is 0 Å². The summed E-state index contributed by atoms with van der Waals surface area (Å²) in [5.74, 6) is -0.377. The average Bonchev–Trinajstić information content (AvgIpc) is 3.69. The van der Waals surface area contributed by atoms with E-state index in [1.165, 1.54) is 17.1 Å². The Balaban J connectivity index is 1.31. The Bertz CT molecular complexity index is 2130. The SMILES string of the molecule is C[C@@H]1CCC[C@H](n2cnc(-c3cc(Cl)ccc3-n3cc(Cl)nn3)cc2=O)c2cc(ccn2)-c2nn(-c3cccnc3)cc2NC1=O. The first kappa shape index (κ1) is 29.5. The second kappa shape index (κ2) is 12.3. The zero-order valence-corrected chi connectivity index (χ0v) is 26.0. The van der Waals surface area contributed by atoms with Crippen LogP contribution in [-0.4, -0.2) is 50.2 Å². The monoisotopic (exact) mass is 652 g/mol. The molecule has 0 saturated carbocycles. The van der Waals surface area contributed by atoms with Crippen LogP contribution < -0.4 is 10.9 Å². The lowest BCUT2D eigenvalue weighted by Crippen LogP contribution is -2.27. The van der Waals surface area contributed by atoms with Crippen molar-refractivity contribution >= 4 is 34.8 Å². The molecule has 0 spiro atoms. The zero-order valence-electron chi connectivity index (χ0n) is 24.5. The molecule has 2 bridgehead atoms. The quantitative estimate of drug-likeness (QED) is 0.253. The highest BCUT2D eigenvalue weighted by atomic mass is 35.5. The normalized spacial score (nSPS) is 16.6. The maximum absolute atomic E-state index is 13.8. The third-order valence-electron chi connectivity index (χ3n) is 7.96. The molecule has 0 aliphatic carbocycles. The number of pyridine rings is 2. The van der Waals surface area contributed by atoms with Gasteiger partial charge in [0.15, 0.2) is 5.15 Å². The molecule has 0 unspecified atom stereocenters. The molecule has 1 aliphatic heterocycles. The minimum Gasteiger partial charge on any atom is -0.323 e. The van der Waals surface area contributed by atoms with Crippen molar-refractivity contribution in [3.05, 3.63) is 112 Å². The first-order valence-corrected chi connectivity index (χ1v) is 15.3. The van der Waals surface area contributed by atoms with E-state index in [1.807, 2.05) is 31.2 Å². The molecule has 0 fully saturated rings. The van der Waals surface area contributed by atoms with Crippen LogP contribution in [0.25, 0.3) is 33.9 Å². The summed E-state index contributed by atoms with van der Waals surface area (Å²) in [5.41, 5.74) is 4.67. The zero-order chi connectivity index (χ0) is 31.8. The Morgan fingerprint density at radius 2 is 1.85 bits per heavy atom. The molecule has 2 atom stereocenters. The van der Waals surface area contributed by atoms with Crippen LogP contribution in [0.3, 0.4) is 0 Å². The van der Waals surface area contributed by atoms with Crippen LogP contribution in [-0.2, 0) is 4.79 Å². The van der Waals surface area contributed by atoms with Gasteiger partial charge in [-0.1, -0.05) is 41.8 Å². The van der Waals surface area contributed by atoms with Gasteiger partial charge in [-0.3, -0.25) is 24.1 Å². The number of fused-ring (bicyclic) bond motifs is 4. The number of rotatable bonds is 4. The van der Waals surface area contributed by atoms with Crippen molar-refractivity contribution in [1.82, 2.24) is 44.3 Å². The summed E-state index contributed by atoms with van der Waals surface area (Å²) >= 11 is 12.4. The van der Waals surface area contributed by atoms with E-state index >= 15 is 0 Å². The third-order valence-corrected chi connectivity index (χ3v) is 8.37. The number of hydrogen-bond acceptors (Lipinski definition) is 8. The van der Waals surface area contributed by atoms with Gasteiger partial charge in [-0.05, 0) is 55.3 Å². The number of hydrogen-bond donors (Lipinski definition) is 1. The van der Waals surface area contributed by atoms with Crippen LogP contribution in [0.2, 0.25) is 10.2 Å². The highest BCUT2D eigenvalue weighted by Crippen LogP contribution is 2.33. The summed E-state index contributed by atoms with van der Waals surface area (Å²) in [6.45, 7) is 1.90. The molecule has 7 rings (SSSR count). The predicted molar refractivity (Wildman–Crippen MR) is 173 cm³/mol. The number of carbonyl (C=O) groups is 1. The van der Waals surface area contributed by atoms with E-state index in [-0.39, 0.29) is 22.5 Å². The Kier molecular flexibility index (Phi) is 7.89. The fourth-order valence-corrected chi connectivity index (χ4v) is 5.88. The second-order valence-corrected chi connectivity index (χ2v) is 11.8. The molecule has 1 aliphatic rings. The van der Waals surface area contributed by atoms with Crippen molar-refractivity contribution in [3.63, 3.8) is 0 Å². The summed E-state index contributed by atoms with van der Waals surface area (Å²) in [7, 11) is 0. The predicted octanol–water partition coefficient (Wildman–Crippen LogP) is 5.79. The smallest absolute Gasteiger partial charge is 0.254 e. The number of halogens is 2. The number of carbonyl (C=O) groups excluding carboxylic acids is 1. The van der Waals surface area contributed by atoms with Crippen molar-refractivity contribution in [2.75, 3.05) is 5.32 Å². The largest absolute Gasteiger partial charge is 0.323 e. The van der Waals surface area contributed by atoms with E-state index in [0.717, 1.165) is 11.3 Å². The maximum atomic E-state index is 13.8. The van der Waals surface area contributed by atoms with Crippen LogP contribution in [0, 0.1) is 5.92 Å². The van der Waals surface area contributed by atoms with E-state index in [1.54, 1.807) is 58.4 Å². The van der Waals surface area contributed by atoms with Gasteiger partial charge in [-0.25, -0.2) is 14.3 Å². The number of aromatic nitrogens is 9. The van der Waals surface area contributed by atoms with Crippen LogP contribution >= 0.6 is 23.2 Å². The van der Waals surface area contributed by atoms with Crippen LogP contribution in [0.4, 0.5) is 5.69 Å². The van der Waals surface area contributed by atoms with Gasteiger partial charge in [0.05, 0.1) is 59.4 Å². The van der Waals surface area contributed by atoms with E-state index in [4.69, 9.17) is 28.3 Å². The molecule has 0 saturated heterocycles. The van der Waals surface area contributed by atoms with Crippen LogP contribution in [0.15, 0.2) is 90.6 Å². The van der Waals surface area contributed by atoms with Crippen molar-refractivity contribution < 1.29 is 4.79 Å². The molecule has 14 heteroatoms. The number of amides is 1. The minimum absolute atomic E-state index is 0.104. The second-order valence-electron chi connectivity index (χ2n) is 11.0. The number of nitrogens with one attached hydrogen (secondary N) is 1. The van der Waals surface area contributed by atoms with Crippen molar-refractivity contribution in [2.24, 2.45) is 5.92 Å². The average molecular weight is 654 g/mol. The molecule has 1 amide bonds. The molecular weight excluding hydrogens is 627 g/mol. The van der Waals surface area contributed by atoms with E-state index in [0.29, 0.717) is 58.3 Å². The molecule has 1 aromatic carbocycles. The van der Waals surface area contributed by atoms with Gasteiger partial charge < -0.3 is 5.32 Å². The molecule has 6 aromatic rings. The fourth-order valence-electron chi connectivity index (χ4n) is 5.58.